The topological polar surface area (TPSA) is 59.6 Å². The summed E-state index contributed by atoms with van der Waals surface area (Å²) in [6, 6.07) is 5.88. The van der Waals surface area contributed by atoms with Gasteiger partial charge in [0.25, 0.3) is 0 Å². The molecule has 0 atom stereocenters. The van der Waals surface area contributed by atoms with Crippen molar-refractivity contribution in [3.63, 3.8) is 0 Å². The van der Waals surface area contributed by atoms with Crippen molar-refractivity contribution in [2.45, 2.75) is 38.1 Å². The molecule has 2 N–H and O–H groups in total. The number of benzene rings is 1. The molecule has 8 heteroatoms. The number of alkyl halides is 3. The number of ether oxygens (including phenoxy) is 2. The summed E-state index contributed by atoms with van der Waals surface area (Å²) >= 11 is 0. The summed E-state index contributed by atoms with van der Waals surface area (Å²) in [7, 11) is 0. The average molecular weight is 346 g/mol. The second-order valence-electron chi connectivity index (χ2n) is 5.81. The van der Waals surface area contributed by atoms with Crippen LogP contribution in [0.3, 0.4) is 0 Å². The molecule has 2 amide bonds. The number of rotatable bonds is 5. The molecule has 1 fully saturated rings. The number of hydrogen-bond acceptors (Lipinski definition) is 3. The average Bonchev–Trinajstić information content (AvgIpc) is 2.52. The van der Waals surface area contributed by atoms with Crippen LogP contribution in [0.25, 0.3) is 0 Å². The normalized spacial score (nSPS) is 17.3. The first kappa shape index (κ1) is 18.5. The molecule has 0 unspecified atom stereocenters. The standard InChI is InChI=1S/C16H21F3N2O3/c1-15(23-8-3-9-24-15)11-20-14(22)21-13-5-2-4-12(10-13)6-7-16(17,18)19/h2,4-5,10H,3,6-9,11H2,1H3,(H2,20,21,22). The molecule has 1 saturated heterocycles. The molecule has 1 aliphatic heterocycles. The zero-order chi connectivity index (χ0) is 17.6. The number of anilines is 1. The first-order chi connectivity index (χ1) is 11.3. The fourth-order valence-electron chi connectivity index (χ4n) is 2.29. The van der Waals surface area contributed by atoms with E-state index in [0.717, 1.165) is 6.42 Å². The fourth-order valence-corrected chi connectivity index (χ4v) is 2.29. The third kappa shape index (κ3) is 6.37. The third-order valence-corrected chi connectivity index (χ3v) is 3.56. The van der Waals surface area contributed by atoms with Gasteiger partial charge in [-0.15, -0.1) is 0 Å². The zero-order valence-corrected chi connectivity index (χ0v) is 13.4. The fraction of sp³-hybridized carbons (Fsp3) is 0.562. The number of nitrogens with one attached hydrogen (secondary N) is 2. The van der Waals surface area contributed by atoms with Gasteiger partial charge in [-0.25, -0.2) is 4.79 Å². The summed E-state index contributed by atoms with van der Waals surface area (Å²) in [5, 5.41) is 5.23. The van der Waals surface area contributed by atoms with E-state index in [0.29, 0.717) is 24.5 Å². The number of amides is 2. The van der Waals surface area contributed by atoms with E-state index in [9.17, 15) is 18.0 Å². The Hall–Kier alpha value is -1.80. The van der Waals surface area contributed by atoms with E-state index < -0.39 is 24.4 Å². The van der Waals surface area contributed by atoms with E-state index in [1.54, 1.807) is 25.1 Å². The molecular weight excluding hydrogens is 325 g/mol. The molecule has 2 rings (SSSR count). The Labute approximate surface area is 138 Å². The predicted octanol–water partition coefficient (Wildman–Crippen LogP) is 3.46. The molecule has 0 bridgehead atoms. The highest BCUT2D eigenvalue weighted by molar-refractivity contribution is 5.89. The SMILES string of the molecule is CC1(CNC(=O)Nc2cccc(CCC(F)(F)F)c2)OCCCO1. The predicted molar refractivity (Wildman–Crippen MR) is 82.8 cm³/mol. The molecule has 0 aliphatic carbocycles. The van der Waals surface area contributed by atoms with E-state index in [-0.39, 0.29) is 13.0 Å². The van der Waals surface area contributed by atoms with Gasteiger partial charge < -0.3 is 20.1 Å². The van der Waals surface area contributed by atoms with Crippen LogP contribution in [0.15, 0.2) is 24.3 Å². The first-order valence-electron chi connectivity index (χ1n) is 7.74. The molecule has 1 aliphatic rings. The van der Waals surface area contributed by atoms with E-state index in [2.05, 4.69) is 10.6 Å². The van der Waals surface area contributed by atoms with E-state index >= 15 is 0 Å². The van der Waals surface area contributed by atoms with Crippen molar-refractivity contribution < 1.29 is 27.4 Å². The summed E-state index contributed by atoms with van der Waals surface area (Å²) in [6.07, 6.45) is -4.40. The Morgan fingerprint density at radius 2 is 2.00 bits per heavy atom. The number of aryl methyl sites for hydroxylation is 1. The van der Waals surface area contributed by atoms with Gasteiger partial charge in [0.2, 0.25) is 0 Å². The molecule has 134 valence electrons. The lowest BCUT2D eigenvalue weighted by Gasteiger charge is -2.33. The highest BCUT2D eigenvalue weighted by Crippen LogP contribution is 2.23. The van der Waals surface area contributed by atoms with Gasteiger partial charge in [0.15, 0.2) is 5.79 Å². The summed E-state index contributed by atoms with van der Waals surface area (Å²) in [5.41, 5.74) is 0.943. The maximum absolute atomic E-state index is 12.3. The third-order valence-electron chi connectivity index (χ3n) is 3.56. The van der Waals surface area contributed by atoms with Crippen LogP contribution >= 0.6 is 0 Å². The largest absolute Gasteiger partial charge is 0.389 e. The Morgan fingerprint density at radius 3 is 2.67 bits per heavy atom. The molecule has 1 aromatic rings. The second kappa shape index (κ2) is 7.85. The lowest BCUT2D eigenvalue weighted by Crippen LogP contribution is -2.48. The minimum absolute atomic E-state index is 0.125. The van der Waals surface area contributed by atoms with Gasteiger partial charge in [-0.1, -0.05) is 12.1 Å². The van der Waals surface area contributed by atoms with Crippen LogP contribution < -0.4 is 10.6 Å². The van der Waals surface area contributed by atoms with Crippen LogP contribution in [-0.2, 0) is 15.9 Å². The zero-order valence-electron chi connectivity index (χ0n) is 13.4. The van der Waals surface area contributed by atoms with E-state index in [1.807, 2.05) is 0 Å². The summed E-state index contributed by atoms with van der Waals surface area (Å²) < 4.78 is 47.7. The van der Waals surface area contributed by atoms with Crippen molar-refractivity contribution in [3.8, 4) is 0 Å². The maximum Gasteiger partial charge on any atom is 0.389 e. The van der Waals surface area contributed by atoms with Crippen molar-refractivity contribution in [2.75, 3.05) is 25.1 Å². The van der Waals surface area contributed by atoms with Gasteiger partial charge in [-0.2, -0.15) is 13.2 Å². The van der Waals surface area contributed by atoms with Crippen molar-refractivity contribution in [1.29, 1.82) is 0 Å². The van der Waals surface area contributed by atoms with Gasteiger partial charge >= 0.3 is 12.2 Å². The molecule has 5 nitrogen and oxygen atoms in total. The van der Waals surface area contributed by atoms with Gasteiger partial charge in [0.1, 0.15) is 0 Å². The van der Waals surface area contributed by atoms with Crippen LogP contribution in [0.2, 0.25) is 0 Å². The number of carbonyl (C=O) groups is 1. The van der Waals surface area contributed by atoms with Crippen molar-refractivity contribution in [1.82, 2.24) is 5.32 Å². The van der Waals surface area contributed by atoms with E-state index in [1.165, 1.54) is 6.07 Å². The maximum atomic E-state index is 12.3. The number of urea groups is 1. The smallest absolute Gasteiger partial charge is 0.348 e. The van der Waals surface area contributed by atoms with Crippen LogP contribution in [0.1, 0.15) is 25.3 Å². The molecular formula is C16H21F3N2O3. The van der Waals surface area contributed by atoms with Crippen LogP contribution in [0, 0.1) is 0 Å². The second-order valence-corrected chi connectivity index (χ2v) is 5.81. The van der Waals surface area contributed by atoms with Gasteiger partial charge in [-0.3, -0.25) is 0 Å². The molecule has 1 heterocycles. The van der Waals surface area contributed by atoms with Crippen molar-refractivity contribution in [3.05, 3.63) is 29.8 Å². The monoisotopic (exact) mass is 346 g/mol. The van der Waals surface area contributed by atoms with Crippen LogP contribution in [-0.4, -0.2) is 37.8 Å². The Balaban J connectivity index is 1.83. The molecule has 24 heavy (non-hydrogen) atoms. The highest BCUT2D eigenvalue weighted by atomic mass is 19.4. The Kier molecular flexibility index (Phi) is 6.06. The van der Waals surface area contributed by atoms with Crippen LogP contribution in [0.5, 0.6) is 0 Å². The lowest BCUT2D eigenvalue weighted by molar-refractivity contribution is -0.250. The summed E-state index contributed by atoms with van der Waals surface area (Å²) in [6.45, 7) is 3.05. The van der Waals surface area contributed by atoms with Gasteiger partial charge in [0.05, 0.1) is 19.8 Å². The summed E-state index contributed by atoms with van der Waals surface area (Å²) in [5.74, 6) is -0.857. The van der Waals surface area contributed by atoms with Gasteiger partial charge in [-0.05, 0) is 37.5 Å². The quantitative estimate of drug-likeness (QED) is 0.858. The first-order valence-corrected chi connectivity index (χ1v) is 7.74. The number of carbonyl (C=O) groups excluding carboxylic acids is 1. The highest BCUT2D eigenvalue weighted by Gasteiger charge is 2.29. The molecule has 0 aromatic heterocycles. The Morgan fingerprint density at radius 1 is 1.29 bits per heavy atom. The van der Waals surface area contributed by atoms with E-state index in [4.69, 9.17) is 9.47 Å². The number of hydrogen-bond donors (Lipinski definition) is 2. The van der Waals surface area contributed by atoms with Gasteiger partial charge in [0, 0.05) is 12.1 Å². The molecule has 0 spiro atoms. The van der Waals surface area contributed by atoms with Crippen molar-refractivity contribution in [2.24, 2.45) is 0 Å². The van der Waals surface area contributed by atoms with Crippen LogP contribution in [0.4, 0.5) is 23.7 Å². The lowest BCUT2D eigenvalue weighted by atomic mass is 10.1. The number of halogens is 3. The Bertz CT molecular complexity index is 558. The minimum atomic E-state index is -4.20. The summed E-state index contributed by atoms with van der Waals surface area (Å²) in [4.78, 5) is 11.9. The molecule has 0 radical (unpaired) electrons. The molecule has 0 saturated carbocycles. The molecule has 1 aromatic carbocycles. The minimum Gasteiger partial charge on any atom is -0.348 e. The van der Waals surface area contributed by atoms with Crippen molar-refractivity contribution >= 4 is 11.7 Å².